The van der Waals surface area contributed by atoms with Crippen molar-refractivity contribution in [2.75, 3.05) is 13.2 Å². The molecule has 2 rings (SSSR count). The summed E-state index contributed by atoms with van der Waals surface area (Å²) in [6.45, 7) is 3.34. The molecule has 1 aromatic rings. The fraction of sp³-hybridized carbons (Fsp3) is 0.667. The Hall–Kier alpha value is -1.33. The SMILES string of the molecule is CC1CC1c1ccc(CCC(=O)NCC(C)(O)CO)o1. The van der Waals surface area contributed by atoms with Crippen LogP contribution in [0.3, 0.4) is 0 Å². The van der Waals surface area contributed by atoms with Crippen LogP contribution in [-0.2, 0) is 11.2 Å². The first-order valence-electron chi connectivity index (χ1n) is 7.10. The third-order valence-electron chi connectivity index (χ3n) is 3.76. The van der Waals surface area contributed by atoms with E-state index in [4.69, 9.17) is 9.52 Å². The summed E-state index contributed by atoms with van der Waals surface area (Å²) in [5.41, 5.74) is -1.27. The number of carbonyl (C=O) groups excluding carboxylic acids is 1. The zero-order chi connectivity index (χ0) is 14.8. The minimum absolute atomic E-state index is 0.0470. The monoisotopic (exact) mass is 281 g/mol. The van der Waals surface area contributed by atoms with Crippen molar-refractivity contribution in [1.29, 1.82) is 0 Å². The van der Waals surface area contributed by atoms with Crippen LogP contribution in [0.1, 0.15) is 44.1 Å². The zero-order valence-electron chi connectivity index (χ0n) is 12.1. The van der Waals surface area contributed by atoms with Crippen LogP contribution in [0.25, 0.3) is 0 Å². The number of hydrogen-bond acceptors (Lipinski definition) is 4. The Morgan fingerprint density at radius 3 is 2.85 bits per heavy atom. The molecule has 3 atom stereocenters. The highest BCUT2D eigenvalue weighted by Crippen LogP contribution is 2.47. The molecule has 1 aromatic heterocycles. The largest absolute Gasteiger partial charge is 0.466 e. The van der Waals surface area contributed by atoms with Crippen LogP contribution in [-0.4, -0.2) is 34.9 Å². The van der Waals surface area contributed by atoms with Crippen molar-refractivity contribution in [2.24, 2.45) is 5.92 Å². The summed E-state index contributed by atoms with van der Waals surface area (Å²) in [6, 6.07) is 3.93. The summed E-state index contributed by atoms with van der Waals surface area (Å²) in [7, 11) is 0. The molecular formula is C15H23NO4. The van der Waals surface area contributed by atoms with E-state index in [1.165, 1.54) is 13.3 Å². The molecular weight excluding hydrogens is 258 g/mol. The summed E-state index contributed by atoms with van der Waals surface area (Å²) in [5, 5.41) is 21.1. The molecule has 5 nitrogen and oxygen atoms in total. The summed E-state index contributed by atoms with van der Waals surface area (Å²) in [6.07, 6.45) is 2.05. The molecule has 1 saturated carbocycles. The van der Waals surface area contributed by atoms with Crippen LogP contribution >= 0.6 is 0 Å². The molecule has 1 aliphatic carbocycles. The van der Waals surface area contributed by atoms with Crippen molar-refractivity contribution in [1.82, 2.24) is 5.32 Å². The molecule has 5 heteroatoms. The molecule has 20 heavy (non-hydrogen) atoms. The van der Waals surface area contributed by atoms with Crippen LogP contribution < -0.4 is 5.32 Å². The Bertz CT molecular complexity index is 466. The molecule has 112 valence electrons. The van der Waals surface area contributed by atoms with Crippen molar-refractivity contribution in [2.45, 2.75) is 44.6 Å². The Kier molecular flexibility index (Phi) is 4.50. The molecule has 0 aliphatic heterocycles. The first-order chi connectivity index (χ1) is 9.41. The van der Waals surface area contributed by atoms with E-state index in [0.29, 0.717) is 24.7 Å². The maximum absolute atomic E-state index is 11.6. The topological polar surface area (TPSA) is 82.7 Å². The quantitative estimate of drug-likeness (QED) is 0.701. The molecule has 1 heterocycles. The van der Waals surface area contributed by atoms with Gasteiger partial charge in [-0.05, 0) is 31.4 Å². The molecule has 0 bridgehead atoms. The molecule has 3 N–H and O–H groups in total. The fourth-order valence-corrected chi connectivity index (χ4v) is 2.12. The van der Waals surface area contributed by atoms with E-state index in [-0.39, 0.29) is 19.1 Å². The highest BCUT2D eigenvalue weighted by Gasteiger charge is 2.36. The Labute approximate surface area is 119 Å². The van der Waals surface area contributed by atoms with E-state index in [1.807, 2.05) is 12.1 Å². The van der Waals surface area contributed by atoms with Crippen LogP contribution in [0.15, 0.2) is 16.5 Å². The second kappa shape index (κ2) is 5.97. The third-order valence-corrected chi connectivity index (χ3v) is 3.76. The second-order valence-electron chi connectivity index (χ2n) is 6.06. The number of aliphatic hydroxyl groups is 2. The van der Waals surface area contributed by atoms with E-state index >= 15 is 0 Å². The van der Waals surface area contributed by atoms with Gasteiger partial charge in [-0.15, -0.1) is 0 Å². The van der Waals surface area contributed by atoms with Gasteiger partial charge < -0.3 is 19.9 Å². The first-order valence-corrected chi connectivity index (χ1v) is 7.10. The van der Waals surface area contributed by atoms with E-state index < -0.39 is 5.60 Å². The van der Waals surface area contributed by atoms with Crippen molar-refractivity contribution in [3.8, 4) is 0 Å². The number of rotatable bonds is 7. The number of furan rings is 1. The normalized spacial score (nSPS) is 24.2. The molecule has 1 aliphatic rings. The smallest absolute Gasteiger partial charge is 0.220 e. The van der Waals surface area contributed by atoms with Crippen molar-refractivity contribution in [3.63, 3.8) is 0 Å². The molecule has 0 spiro atoms. The van der Waals surface area contributed by atoms with Gasteiger partial charge in [-0.3, -0.25) is 4.79 Å². The van der Waals surface area contributed by atoms with Gasteiger partial charge in [0.1, 0.15) is 17.1 Å². The average Bonchev–Trinajstić information content (AvgIpc) is 2.97. The van der Waals surface area contributed by atoms with Crippen molar-refractivity contribution in [3.05, 3.63) is 23.7 Å². The Balaban J connectivity index is 1.72. The van der Waals surface area contributed by atoms with Crippen LogP contribution in [0.2, 0.25) is 0 Å². The summed E-state index contributed by atoms with van der Waals surface area (Å²) in [5.74, 6) is 2.95. The summed E-state index contributed by atoms with van der Waals surface area (Å²) >= 11 is 0. The van der Waals surface area contributed by atoms with Crippen LogP contribution in [0.5, 0.6) is 0 Å². The van der Waals surface area contributed by atoms with Crippen molar-refractivity contribution < 1.29 is 19.4 Å². The lowest BCUT2D eigenvalue weighted by Crippen LogP contribution is -2.43. The van der Waals surface area contributed by atoms with Gasteiger partial charge in [-0.2, -0.15) is 0 Å². The van der Waals surface area contributed by atoms with Gasteiger partial charge in [0.25, 0.3) is 0 Å². The highest BCUT2D eigenvalue weighted by molar-refractivity contribution is 5.76. The second-order valence-corrected chi connectivity index (χ2v) is 6.06. The molecule has 1 fully saturated rings. The third kappa shape index (κ3) is 4.08. The van der Waals surface area contributed by atoms with Crippen molar-refractivity contribution >= 4 is 5.91 Å². The maximum Gasteiger partial charge on any atom is 0.220 e. The number of amides is 1. The molecule has 1 amide bonds. The average molecular weight is 281 g/mol. The summed E-state index contributed by atoms with van der Waals surface area (Å²) < 4.78 is 5.73. The lowest BCUT2D eigenvalue weighted by molar-refractivity contribution is -0.122. The minimum Gasteiger partial charge on any atom is -0.466 e. The van der Waals surface area contributed by atoms with E-state index in [1.54, 1.807) is 0 Å². The lowest BCUT2D eigenvalue weighted by atomic mass is 10.1. The zero-order valence-corrected chi connectivity index (χ0v) is 12.1. The van der Waals surface area contributed by atoms with Gasteiger partial charge >= 0.3 is 0 Å². The number of aliphatic hydroxyl groups excluding tert-OH is 1. The number of aryl methyl sites for hydroxylation is 1. The Morgan fingerprint density at radius 2 is 2.25 bits per heavy atom. The van der Waals surface area contributed by atoms with Gasteiger partial charge in [0.15, 0.2) is 0 Å². The van der Waals surface area contributed by atoms with Gasteiger partial charge in [0.05, 0.1) is 6.61 Å². The van der Waals surface area contributed by atoms with Crippen LogP contribution in [0, 0.1) is 5.92 Å². The van der Waals surface area contributed by atoms with Gasteiger partial charge in [0, 0.05) is 25.3 Å². The first kappa shape index (κ1) is 15.1. The van der Waals surface area contributed by atoms with E-state index in [0.717, 1.165) is 11.5 Å². The number of nitrogens with one attached hydrogen (secondary N) is 1. The molecule has 3 unspecified atom stereocenters. The van der Waals surface area contributed by atoms with E-state index in [2.05, 4.69) is 12.2 Å². The standard InChI is InChI=1S/C15H23NO4/c1-10-7-12(10)13-5-3-11(20-13)4-6-14(18)16-8-15(2,19)9-17/h3,5,10,12,17,19H,4,6-9H2,1-2H3,(H,16,18). The van der Waals surface area contributed by atoms with Crippen LogP contribution in [0.4, 0.5) is 0 Å². The minimum atomic E-state index is -1.27. The highest BCUT2D eigenvalue weighted by atomic mass is 16.3. The van der Waals surface area contributed by atoms with E-state index in [9.17, 15) is 9.90 Å². The lowest BCUT2D eigenvalue weighted by Gasteiger charge is -2.20. The number of carbonyl (C=O) groups is 1. The molecule has 0 saturated heterocycles. The summed E-state index contributed by atoms with van der Waals surface area (Å²) in [4.78, 5) is 11.6. The Morgan fingerprint density at radius 1 is 1.55 bits per heavy atom. The molecule has 0 aromatic carbocycles. The van der Waals surface area contributed by atoms with Gasteiger partial charge in [-0.25, -0.2) is 0 Å². The fourth-order valence-electron chi connectivity index (χ4n) is 2.12. The predicted molar refractivity (Wildman–Crippen MR) is 74.3 cm³/mol. The molecule has 0 radical (unpaired) electrons. The predicted octanol–water partition coefficient (Wildman–Crippen LogP) is 1.20. The van der Waals surface area contributed by atoms with Gasteiger partial charge in [-0.1, -0.05) is 6.92 Å². The maximum atomic E-state index is 11.6. The van der Waals surface area contributed by atoms with Gasteiger partial charge in [0.2, 0.25) is 5.91 Å². The number of hydrogen-bond donors (Lipinski definition) is 3.